The van der Waals surface area contributed by atoms with Gasteiger partial charge in [-0.25, -0.2) is 4.99 Å². The number of piperazine rings is 1. The van der Waals surface area contributed by atoms with Gasteiger partial charge in [0.25, 0.3) is 0 Å². The van der Waals surface area contributed by atoms with Crippen molar-refractivity contribution < 1.29 is 0 Å². The summed E-state index contributed by atoms with van der Waals surface area (Å²) in [4.78, 5) is 9.40. The van der Waals surface area contributed by atoms with E-state index < -0.39 is 0 Å². The number of amidine groups is 1. The second kappa shape index (κ2) is 5.85. The maximum atomic E-state index is 4.58. The van der Waals surface area contributed by atoms with Gasteiger partial charge in [-0.05, 0) is 26.0 Å². The summed E-state index contributed by atoms with van der Waals surface area (Å²) in [5.74, 6) is 1.27. The highest BCUT2D eigenvalue weighted by Crippen LogP contribution is 2.09. The zero-order chi connectivity index (χ0) is 11.2. The molecule has 0 unspecified atom stereocenters. The third-order valence-corrected chi connectivity index (χ3v) is 3.20. The molecule has 0 aromatic carbocycles. The van der Waals surface area contributed by atoms with Gasteiger partial charge in [-0.1, -0.05) is 12.2 Å². The molecule has 1 fully saturated rings. The van der Waals surface area contributed by atoms with E-state index in [1.54, 1.807) is 0 Å². The molecular weight excluding hydrogens is 198 g/mol. The number of nitrogens with zero attached hydrogens (tertiary/aromatic N) is 3. The maximum absolute atomic E-state index is 4.58. The van der Waals surface area contributed by atoms with Gasteiger partial charge < -0.3 is 9.80 Å². The Bertz CT molecular complexity index is 296. The molecule has 0 aromatic heterocycles. The molecule has 3 heteroatoms. The smallest absolute Gasteiger partial charge is 0.104 e. The summed E-state index contributed by atoms with van der Waals surface area (Å²) >= 11 is 0. The zero-order valence-corrected chi connectivity index (χ0v) is 10.1. The summed E-state index contributed by atoms with van der Waals surface area (Å²) in [6.45, 7) is 4.55. The van der Waals surface area contributed by atoms with Crippen molar-refractivity contribution in [2.75, 3.05) is 33.2 Å². The summed E-state index contributed by atoms with van der Waals surface area (Å²) in [7, 11) is 2.19. The Morgan fingerprint density at radius 2 is 1.94 bits per heavy atom. The van der Waals surface area contributed by atoms with Gasteiger partial charge in [0.1, 0.15) is 5.84 Å². The standard InChI is InChI=1S/C13H21N3/c1-15-9-11-16(12-10-15)13-7-5-3-2-4-6-8-14-13/h2,4,6,8H,3,5,7,9-12H2,1H3/b4-2-,8-6-,14-13?. The second-order valence-electron chi connectivity index (χ2n) is 4.50. The number of hydrogen-bond donors (Lipinski definition) is 0. The largest absolute Gasteiger partial charge is 0.357 e. The van der Waals surface area contributed by atoms with Gasteiger partial charge in [0.05, 0.1) is 0 Å². The van der Waals surface area contributed by atoms with Gasteiger partial charge in [-0.15, -0.1) is 0 Å². The zero-order valence-electron chi connectivity index (χ0n) is 10.1. The lowest BCUT2D eigenvalue weighted by Crippen LogP contribution is -2.47. The molecule has 0 atom stereocenters. The predicted octanol–water partition coefficient (Wildman–Crippen LogP) is 1.89. The molecule has 0 saturated carbocycles. The molecule has 88 valence electrons. The highest BCUT2D eigenvalue weighted by atomic mass is 15.3. The van der Waals surface area contributed by atoms with Crippen LogP contribution in [0.15, 0.2) is 29.4 Å². The third kappa shape index (κ3) is 3.20. The SMILES string of the molecule is CN1CCN(C2=N/C=C\C=C/CCC2)CC1. The molecule has 2 aliphatic heterocycles. The van der Waals surface area contributed by atoms with Crippen molar-refractivity contribution in [2.24, 2.45) is 4.99 Å². The first kappa shape index (κ1) is 11.4. The first-order valence-electron chi connectivity index (χ1n) is 6.18. The van der Waals surface area contributed by atoms with Crippen molar-refractivity contribution in [2.45, 2.75) is 19.3 Å². The highest BCUT2D eigenvalue weighted by Gasteiger charge is 2.16. The average Bonchev–Trinajstić information content (AvgIpc) is 2.43. The Hall–Kier alpha value is -1.09. The minimum Gasteiger partial charge on any atom is -0.357 e. The number of aliphatic imine (C=N–C) groups is 1. The molecule has 0 spiro atoms. The molecular formula is C13H21N3. The van der Waals surface area contributed by atoms with Gasteiger partial charge in [-0.3, -0.25) is 0 Å². The van der Waals surface area contributed by atoms with Gasteiger partial charge in [0.2, 0.25) is 0 Å². The summed E-state index contributed by atoms with van der Waals surface area (Å²) in [6.07, 6.45) is 11.8. The van der Waals surface area contributed by atoms with Gasteiger partial charge >= 0.3 is 0 Å². The van der Waals surface area contributed by atoms with Crippen molar-refractivity contribution in [3.63, 3.8) is 0 Å². The van der Waals surface area contributed by atoms with E-state index in [1.165, 1.54) is 12.3 Å². The Balaban J connectivity index is 1.98. The van der Waals surface area contributed by atoms with E-state index in [-0.39, 0.29) is 0 Å². The lowest BCUT2D eigenvalue weighted by molar-refractivity contribution is 0.213. The molecule has 3 nitrogen and oxygen atoms in total. The molecule has 2 heterocycles. The lowest BCUT2D eigenvalue weighted by atomic mass is 10.2. The first-order valence-corrected chi connectivity index (χ1v) is 6.18. The fraction of sp³-hybridized carbons (Fsp3) is 0.615. The van der Waals surface area contributed by atoms with Crippen LogP contribution in [0.4, 0.5) is 0 Å². The number of likely N-dealkylation sites (N-methyl/N-ethyl adjacent to an activating group) is 1. The Labute approximate surface area is 98.1 Å². The normalized spacial score (nSPS) is 27.6. The minimum absolute atomic E-state index is 1.11. The van der Waals surface area contributed by atoms with Crippen LogP contribution in [0.25, 0.3) is 0 Å². The van der Waals surface area contributed by atoms with Crippen molar-refractivity contribution in [1.29, 1.82) is 0 Å². The number of rotatable bonds is 0. The van der Waals surface area contributed by atoms with E-state index in [9.17, 15) is 0 Å². The van der Waals surface area contributed by atoms with Crippen LogP contribution in [0.2, 0.25) is 0 Å². The van der Waals surface area contributed by atoms with E-state index in [0.29, 0.717) is 0 Å². The molecule has 0 radical (unpaired) electrons. The summed E-state index contributed by atoms with van der Waals surface area (Å²) in [6, 6.07) is 0. The monoisotopic (exact) mass is 219 g/mol. The molecule has 16 heavy (non-hydrogen) atoms. The van der Waals surface area contributed by atoms with E-state index >= 15 is 0 Å². The van der Waals surface area contributed by atoms with Crippen LogP contribution >= 0.6 is 0 Å². The van der Waals surface area contributed by atoms with Crippen LogP contribution < -0.4 is 0 Å². The van der Waals surface area contributed by atoms with E-state index in [0.717, 1.165) is 39.0 Å². The van der Waals surface area contributed by atoms with Gasteiger partial charge in [0, 0.05) is 38.8 Å². The van der Waals surface area contributed by atoms with Gasteiger partial charge in [-0.2, -0.15) is 0 Å². The fourth-order valence-electron chi connectivity index (χ4n) is 2.10. The fourth-order valence-corrected chi connectivity index (χ4v) is 2.10. The van der Waals surface area contributed by atoms with Crippen LogP contribution in [-0.2, 0) is 0 Å². The van der Waals surface area contributed by atoms with Crippen LogP contribution in [-0.4, -0.2) is 48.9 Å². The van der Waals surface area contributed by atoms with E-state index in [2.05, 4.69) is 34.0 Å². The highest BCUT2D eigenvalue weighted by molar-refractivity contribution is 5.83. The molecule has 0 bridgehead atoms. The lowest BCUT2D eigenvalue weighted by Gasteiger charge is -2.34. The Morgan fingerprint density at radius 3 is 2.75 bits per heavy atom. The molecule has 1 saturated heterocycles. The molecule has 2 aliphatic rings. The molecule has 0 aliphatic carbocycles. The number of allylic oxidation sites excluding steroid dienone is 3. The quantitative estimate of drug-likeness (QED) is 0.619. The second-order valence-corrected chi connectivity index (χ2v) is 4.50. The van der Waals surface area contributed by atoms with E-state index in [4.69, 9.17) is 0 Å². The molecule has 0 N–H and O–H groups in total. The van der Waals surface area contributed by atoms with Crippen LogP contribution in [0, 0.1) is 0 Å². The summed E-state index contributed by atoms with van der Waals surface area (Å²) < 4.78 is 0. The van der Waals surface area contributed by atoms with Crippen molar-refractivity contribution >= 4 is 5.84 Å². The first-order chi connectivity index (χ1) is 7.86. The van der Waals surface area contributed by atoms with Crippen LogP contribution in [0.5, 0.6) is 0 Å². The molecule has 0 aromatic rings. The topological polar surface area (TPSA) is 18.8 Å². The summed E-state index contributed by atoms with van der Waals surface area (Å²) in [5.41, 5.74) is 0. The summed E-state index contributed by atoms with van der Waals surface area (Å²) in [5, 5.41) is 0. The van der Waals surface area contributed by atoms with E-state index in [1.807, 2.05) is 12.3 Å². The van der Waals surface area contributed by atoms with Crippen LogP contribution in [0.3, 0.4) is 0 Å². The van der Waals surface area contributed by atoms with Crippen molar-refractivity contribution in [1.82, 2.24) is 9.80 Å². The van der Waals surface area contributed by atoms with Gasteiger partial charge in [0.15, 0.2) is 0 Å². The van der Waals surface area contributed by atoms with Crippen molar-refractivity contribution in [3.8, 4) is 0 Å². The average molecular weight is 219 g/mol. The Morgan fingerprint density at radius 1 is 1.12 bits per heavy atom. The number of hydrogen-bond acceptors (Lipinski definition) is 3. The Kier molecular flexibility index (Phi) is 4.17. The molecule has 0 amide bonds. The predicted molar refractivity (Wildman–Crippen MR) is 68.6 cm³/mol. The minimum atomic E-state index is 1.11. The van der Waals surface area contributed by atoms with Crippen molar-refractivity contribution in [3.05, 3.63) is 24.4 Å². The third-order valence-electron chi connectivity index (χ3n) is 3.20. The van der Waals surface area contributed by atoms with Crippen LogP contribution in [0.1, 0.15) is 19.3 Å². The molecule has 2 rings (SSSR count). The maximum Gasteiger partial charge on any atom is 0.104 e.